The van der Waals surface area contributed by atoms with E-state index in [0.29, 0.717) is 33.2 Å². The number of hydroxylamine groups is 1. The average molecular weight is 418 g/mol. The Morgan fingerprint density at radius 2 is 1.62 bits per heavy atom. The van der Waals surface area contributed by atoms with Crippen LogP contribution in [0.15, 0.2) is 59.2 Å². The Labute approximate surface area is 156 Å². The molecular weight excluding hydrogens is 405 g/mol. The highest BCUT2D eigenvalue weighted by molar-refractivity contribution is 9.10. The molecule has 3 rings (SSSR count). The molecule has 0 aliphatic carbocycles. The summed E-state index contributed by atoms with van der Waals surface area (Å²) in [5, 5.41) is 14.7. The van der Waals surface area contributed by atoms with Gasteiger partial charge in [-0.2, -0.15) is 4.98 Å². The van der Waals surface area contributed by atoms with E-state index in [2.05, 4.69) is 36.5 Å². The molecule has 1 aromatic heterocycles. The predicted molar refractivity (Wildman–Crippen MR) is 98.4 cm³/mol. The largest absolute Gasteiger partial charge is 0.339 e. The number of rotatable bonds is 5. The number of carbonyl (C=O) groups is 1. The maximum atomic E-state index is 13.0. The molecule has 9 heteroatoms. The monoisotopic (exact) mass is 417 g/mol. The van der Waals surface area contributed by atoms with Crippen LogP contribution in [-0.4, -0.2) is 21.1 Å². The van der Waals surface area contributed by atoms with Gasteiger partial charge in [-0.3, -0.25) is 10.0 Å². The number of aromatic nitrogens is 2. The van der Waals surface area contributed by atoms with Gasteiger partial charge >= 0.3 is 0 Å². The van der Waals surface area contributed by atoms with Gasteiger partial charge in [-0.15, -0.1) is 0 Å². The third-order valence-electron chi connectivity index (χ3n) is 3.36. The summed E-state index contributed by atoms with van der Waals surface area (Å²) in [7, 11) is 0. The average Bonchev–Trinajstić information content (AvgIpc) is 2.66. The summed E-state index contributed by atoms with van der Waals surface area (Å²) in [6.07, 6.45) is 1.58. The molecule has 4 N–H and O–H groups in total. The third kappa shape index (κ3) is 4.32. The van der Waals surface area contributed by atoms with Crippen molar-refractivity contribution < 1.29 is 14.4 Å². The maximum absolute atomic E-state index is 13.0. The van der Waals surface area contributed by atoms with Gasteiger partial charge in [-0.1, -0.05) is 0 Å². The van der Waals surface area contributed by atoms with Crippen LogP contribution in [0, 0.1) is 5.82 Å². The molecule has 26 heavy (non-hydrogen) atoms. The molecule has 0 aliphatic heterocycles. The summed E-state index contributed by atoms with van der Waals surface area (Å²) in [4.78, 5) is 19.9. The number of halogens is 2. The van der Waals surface area contributed by atoms with Gasteiger partial charge in [0.25, 0.3) is 5.91 Å². The lowest BCUT2D eigenvalue weighted by molar-refractivity contribution is 0.0706. The van der Waals surface area contributed by atoms with E-state index in [1.54, 1.807) is 48.1 Å². The molecule has 1 heterocycles. The second-order valence-corrected chi connectivity index (χ2v) is 6.02. The molecule has 0 radical (unpaired) electrons. The summed E-state index contributed by atoms with van der Waals surface area (Å²) in [5.41, 5.74) is 3.22. The number of carbonyl (C=O) groups excluding carboxylic acids is 1. The number of nitrogens with zero attached hydrogens (tertiary/aromatic N) is 2. The Bertz CT molecular complexity index is 919. The van der Waals surface area contributed by atoms with Crippen molar-refractivity contribution in [2.24, 2.45) is 0 Å². The van der Waals surface area contributed by atoms with Crippen molar-refractivity contribution in [1.82, 2.24) is 15.4 Å². The Hall–Kier alpha value is -3.04. The smallest absolute Gasteiger partial charge is 0.274 e. The molecule has 132 valence electrons. The molecule has 0 bridgehead atoms. The minimum absolute atomic E-state index is 0.313. The number of nitrogens with one attached hydrogen (secondary N) is 3. The van der Waals surface area contributed by atoms with E-state index in [-0.39, 0.29) is 5.82 Å². The summed E-state index contributed by atoms with van der Waals surface area (Å²) in [5.74, 6) is -0.0808. The topological polar surface area (TPSA) is 99.2 Å². The molecule has 3 aromatic rings. The van der Waals surface area contributed by atoms with E-state index in [9.17, 15) is 9.18 Å². The molecule has 2 aromatic carbocycles. The third-order valence-corrected chi connectivity index (χ3v) is 3.94. The lowest BCUT2D eigenvalue weighted by Crippen LogP contribution is -2.18. The summed E-state index contributed by atoms with van der Waals surface area (Å²) in [6, 6.07) is 12.3. The summed E-state index contributed by atoms with van der Waals surface area (Å²) in [6.45, 7) is 0. The van der Waals surface area contributed by atoms with Crippen molar-refractivity contribution >= 4 is 45.0 Å². The van der Waals surface area contributed by atoms with Crippen LogP contribution < -0.4 is 16.1 Å². The second-order valence-electron chi connectivity index (χ2n) is 5.17. The van der Waals surface area contributed by atoms with Crippen molar-refractivity contribution in [2.75, 3.05) is 10.6 Å². The van der Waals surface area contributed by atoms with Gasteiger partial charge in [-0.05, 0) is 64.5 Å². The fourth-order valence-corrected chi connectivity index (χ4v) is 2.37. The Balaban J connectivity index is 1.76. The lowest BCUT2D eigenvalue weighted by atomic mass is 10.2. The number of benzene rings is 2. The van der Waals surface area contributed by atoms with Crippen LogP contribution in [0.4, 0.5) is 27.5 Å². The highest BCUT2D eigenvalue weighted by Crippen LogP contribution is 2.25. The Kier molecular flexibility index (Phi) is 5.40. The standard InChI is InChI=1S/C17H13BrFN5O2/c18-14-9-20-17(22-13-5-1-10(2-6-13)16(25)24-26)23-15(14)21-12-7-3-11(19)4-8-12/h1-9,26H,(H,24,25)(H2,20,21,22,23). The van der Waals surface area contributed by atoms with Crippen LogP contribution in [0.1, 0.15) is 10.4 Å². The first-order valence-electron chi connectivity index (χ1n) is 7.42. The second kappa shape index (κ2) is 7.89. The molecule has 0 fully saturated rings. The molecule has 0 spiro atoms. The first-order chi connectivity index (χ1) is 12.5. The van der Waals surface area contributed by atoms with Gasteiger partial charge in [0, 0.05) is 23.1 Å². The molecule has 7 nitrogen and oxygen atoms in total. The van der Waals surface area contributed by atoms with E-state index in [1.807, 2.05) is 0 Å². The van der Waals surface area contributed by atoms with Crippen LogP contribution >= 0.6 is 15.9 Å². The number of amides is 1. The number of hydrogen-bond donors (Lipinski definition) is 4. The number of hydrogen-bond acceptors (Lipinski definition) is 6. The molecule has 0 unspecified atom stereocenters. The molecule has 0 saturated carbocycles. The fourth-order valence-electron chi connectivity index (χ4n) is 2.08. The van der Waals surface area contributed by atoms with Gasteiger partial charge in [0.2, 0.25) is 5.95 Å². The van der Waals surface area contributed by atoms with Gasteiger partial charge in [0.15, 0.2) is 0 Å². The highest BCUT2D eigenvalue weighted by atomic mass is 79.9. The maximum Gasteiger partial charge on any atom is 0.274 e. The highest BCUT2D eigenvalue weighted by Gasteiger charge is 2.08. The predicted octanol–water partition coefficient (Wildman–Crippen LogP) is 3.98. The zero-order valence-electron chi connectivity index (χ0n) is 13.2. The normalized spacial score (nSPS) is 10.3. The van der Waals surface area contributed by atoms with Crippen molar-refractivity contribution in [1.29, 1.82) is 0 Å². The quantitative estimate of drug-likeness (QED) is 0.370. The fraction of sp³-hybridized carbons (Fsp3) is 0. The van der Waals surface area contributed by atoms with E-state index >= 15 is 0 Å². The van der Waals surface area contributed by atoms with Crippen LogP contribution in [0.3, 0.4) is 0 Å². The van der Waals surface area contributed by atoms with Crippen LogP contribution in [0.2, 0.25) is 0 Å². The molecule has 1 amide bonds. The zero-order chi connectivity index (χ0) is 18.5. The van der Waals surface area contributed by atoms with Crippen molar-refractivity contribution in [2.45, 2.75) is 0 Å². The Morgan fingerprint density at radius 3 is 2.27 bits per heavy atom. The summed E-state index contributed by atoms with van der Waals surface area (Å²) >= 11 is 3.36. The molecule has 0 atom stereocenters. The van der Waals surface area contributed by atoms with Crippen molar-refractivity contribution in [3.63, 3.8) is 0 Å². The van der Waals surface area contributed by atoms with Gasteiger partial charge in [0.05, 0.1) is 4.47 Å². The minimum atomic E-state index is -0.595. The number of anilines is 4. The van der Waals surface area contributed by atoms with Crippen LogP contribution in [0.5, 0.6) is 0 Å². The van der Waals surface area contributed by atoms with Gasteiger partial charge < -0.3 is 10.6 Å². The Morgan fingerprint density at radius 1 is 1.00 bits per heavy atom. The van der Waals surface area contributed by atoms with Crippen LogP contribution in [0.25, 0.3) is 0 Å². The van der Waals surface area contributed by atoms with Crippen molar-refractivity contribution in [3.05, 3.63) is 70.6 Å². The van der Waals surface area contributed by atoms with E-state index in [0.717, 1.165) is 0 Å². The lowest BCUT2D eigenvalue weighted by Gasteiger charge is -2.10. The first-order valence-corrected chi connectivity index (χ1v) is 8.21. The molecule has 0 saturated heterocycles. The first kappa shape index (κ1) is 17.8. The van der Waals surface area contributed by atoms with Gasteiger partial charge in [0.1, 0.15) is 11.6 Å². The SMILES string of the molecule is O=C(NO)c1ccc(Nc2ncc(Br)c(Nc3ccc(F)cc3)n2)cc1. The van der Waals surface area contributed by atoms with E-state index in [1.165, 1.54) is 12.1 Å². The minimum Gasteiger partial charge on any atom is -0.339 e. The molecular formula is C17H13BrFN5O2. The van der Waals surface area contributed by atoms with Gasteiger partial charge in [-0.25, -0.2) is 14.9 Å². The van der Waals surface area contributed by atoms with E-state index in [4.69, 9.17) is 5.21 Å². The van der Waals surface area contributed by atoms with E-state index < -0.39 is 5.91 Å². The van der Waals surface area contributed by atoms with Crippen molar-refractivity contribution in [3.8, 4) is 0 Å². The molecule has 0 aliphatic rings. The zero-order valence-corrected chi connectivity index (χ0v) is 14.8. The summed E-state index contributed by atoms with van der Waals surface area (Å²) < 4.78 is 13.6. The van der Waals surface area contributed by atoms with Crippen LogP contribution in [-0.2, 0) is 0 Å².